The zero-order valence-electron chi connectivity index (χ0n) is 7.29. The van der Waals surface area contributed by atoms with Crippen LogP contribution in [0.3, 0.4) is 0 Å². The van der Waals surface area contributed by atoms with E-state index in [-0.39, 0.29) is 0 Å². The van der Waals surface area contributed by atoms with Crippen molar-refractivity contribution in [3.63, 3.8) is 0 Å². The van der Waals surface area contributed by atoms with E-state index in [1.807, 2.05) is 31.2 Å². The Kier molecular flexibility index (Phi) is 8.22. The zero-order valence-corrected chi connectivity index (χ0v) is 7.29. The van der Waals surface area contributed by atoms with Gasteiger partial charge in [-0.15, -0.1) is 0 Å². The molecule has 62 valence electrons. The quantitative estimate of drug-likeness (QED) is 0.434. The molecule has 0 atom stereocenters. The van der Waals surface area contributed by atoms with Gasteiger partial charge in [-0.25, -0.2) is 0 Å². The predicted octanol–water partition coefficient (Wildman–Crippen LogP) is 3.06. The third kappa shape index (κ3) is 9.02. The summed E-state index contributed by atoms with van der Waals surface area (Å²) in [6.07, 6.45) is 12.7. The van der Waals surface area contributed by atoms with Gasteiger partial charge in [-0.2, -0.15) is 0 Å². The highest BCUT2D eigenvalue weighted by Gasteiger charge is 1.65. The van der Waals surface area contributed by atoms with E-state index in [0.717, 1.165) is 13.0 Å². The number of rotatable bonds is 5. The minimum Gasteiger partial charge on any atom is -0.501 e. The van der Waals surface area contributed by atoms with Gasteiger partial charge in [0.1, 0.15) is 0 Å². The summed E-state index contributed by atoms with van der Waals surface area (Å²) in [6.45, 7) is 4.81. The Hall–Kier alpha value is -0.980. The summed E-state index contributed by atoms with van der Waals surface area (Å²) in [6, 6.07) is 0. The zero-order chi connectivity index (χ0) is 8.36. The smallest absolute Gasteiger partial charge is 0.0845 e. The summed E-state index contributed by atoms with van der Waals surface area (Å²) < 4.78 is 4.98. The van der Waals surface area contributed by atoms with Gasteiger partial charge in [-0.3, -0.25) is 0 Å². The molecule has 0 fully saturated rings. The molecule has 1 heteroatoms. The lowest BCUT2D eigenvalue weighted by Crippen LogP contribution is -1.74. The number of ether oxygens (including phenoxy) is 1. The van der Waals surface area contributed by atoms with E-state index in [9.17, 15) is 0 Å². The van der Waals surface area contributed by atoms with Crippen LogP contribution in [0, 0.1) is 0 Å². The molecule has 11 heavy (non-hydrogen) atoms. The Morgan fingerprint density at radius 1 is 1.00 bits per heavy atom. The molecule has 0 aromatic rings. The highest BCUT2D eigenvalue weighted by atomic mass is 16.5. The van der Waals surface area contributed by atoms with Crippen molar-refractivity contribution in [2.45, 2.75) is 20.3 Å². The van der Waals surface area contributed by atoms with Gasteiger partial charge in [0, 0.05) is 0 Å². The highest BCUT2D eigenvalue weighted by molar-refractivity contribution is 5.09. The van der Waals surface area contributed by atoms with Gasteiger partial charge >= 0.3 is 0 Å². The van der Waals surface area contributed by atoms with E-state index in [1.165, 1.54) is 0 Å². The van der Waals surface area contributed by atoms with E-state index < -0.39 is 0 Å². The maximum atomic E-state index is 4.98. The first-order valence-electron chi connectivity index (χ1n) is 4.01. The van der Waals surface area contributed by atoms with Gasteiger partial charge in [0.2, 0.25) is 0 Å². The van der Waals surface area contributed by atoms with Crippen molar-refractivity contribution in [3.8, 4) is 0 Å². The highest BCUT2D eigenvalue weighted by Crippen LogP contribution is 1.83. The maximum absolute atomic E-state index is 4.98. The van der Waals surface area contributed by atoms with Crippen molar-refractivity contribution in [1.82, 2.24) is 0 Å². The van der Waals surface area contributed by atoms with E-state index in [4.69, 9.17) is 4.74 Å². The Bertz CT molecular complexity index is 143. The molecule has 0 aromatic carbocycles. The van der Waals surface area contributed by atoms with Crippen LogP contribution in [-0.4, -0.2) is 6.61 Å². The molecule has 0 bridgehead atoms. The molecule has 0 aromatic heterocycles. The van der Waals surface area contributed by atoms with Crippen molar-refractivity contribution in [2.24, 2.45) is 0 Å². The van der Waals surface area contributed by atoms with E-state index in [0.29, 0.717) is 0 Å². The second-order valence-electron chi connectivity index (χ2n) is 2.01. The topological polar surface area (TPSA) is 9.23 Å². The number of allylic oxidation sites excluding steroid dienone is 5. The Labute approximate surface area is 69.1 Å². The number of hydrogen-bond donors (Lipinski definition) is 0. The average Bonchev–Trinajstić information content (AvgIpc) is 2.03. The normalized spacial score (nSPS) is 12.2. The van der Waals surface area contributed by atoms with Gasteiger partial charge in [-0.1, -0.05) is 31.2 Å². The maximum Gasteiger partial charge on any atom is 0.0845 e. The molecule has 0 unspecified atom stereocenters. The summed E-state index contributed by atoms with van der Waals surface area (Å²) >= 11 is 0. The standard InChI is InChI=1S/C10H16O/c1-3-5-6-7-8-9-10-11-4-2/h5-10H,3-4H2,1-2H3/b6-5+,8-7+,10-9+. The van der Waals surface area contributed by atoms with Crippen LogP contribution in [0.1, 0.15) is 20.3 Å². The summed E-state index contributed by atoms with van der Waals surface area (Å²) in [5, 5.41) is 0. The molecule has 0 heterocycles. The molecular weight excluding hydrogens is 136 g/mol. The van der Waals surface area contributed by atoms with Crippen molar-refractivity contribution in [1.29, 1.82) is 0 Å². The van der Waals surface area contributed by atoms with E-state index in [2.05, 4.69) is 13.0 Å². The van der Waals surface area contributed by atoms with Crippen molar-refractivity contribution in [2.75, 3.05) is 6.61 Å². The third-order valence-electron chi connectivity index (χ3n) is 1.05. The molecule has 0 aliphatic carbocycles. The van der Waals surface area contributed by atoms with E-state index in [1.54, 1.807) is 6.26 Å². The largest absolute Gasteiger partial charge is 0.501 e. The monoisotopic (exact) mass is 152 g/mol. The fourth-order valence-electron chi connectivity index (χ4n) is 0.540. The molecule has 0 N–H and O–H groups in total. The second kappa shape index (κ2) is 9.02. The van der Waals surface area contributed by atoms with Crippen LogP contribution in [0.2, 0.25) is 0 Å². The molecule has 0 radical (unpaired) electrons. The minimum absolute atomic E-state index is 0.731. The lowest BCUT2D eigenvalue weighted by Gasteiger charge is -1.87. The Balaban J connectivity index is 3.35. The van der Waals surface area contributed by atoms with Gasteiger partial charge in [0.05, 0.1) is 12.9 Å². The van der Waals surface area contributed by atoms with Crippen LogP contribution in [0.4, 0.5) is 0 Å². The van der Waals surface area contributed by atoms with Crippen LogP contribution in [-0.2, 0) is 4.74 Å². The van der Waals surface area contributed by atoms with Gasteiger partial charge in [0.25, 0.3) is 0 Å². The fourth-order valence-corrected chi connectivity index (χ4v) is 0.540. The summed E-state index contributed by atoms with van der Waals surface area (Å²) in [5.41, 5.74) is 0. The summed E-state index contributed by atoms with van der Waals surface area (Å²) in [7, 11) is 0. The van der Waals surface area contributed by atoms with Crippen LogP contribution in [0.5, 0.6) is 0 Å². The van der Waals surface area contributed by atoms with E-state index >= 15 is 0 Å². The lowest BCUT2D eigenvalue weighted by atomic mass is 10.4. The average molecular weight is 152 g/mol. The van der Waals surface area contributed by atoms with Crippen molar-refractivity contribution in [3.05, 3.63) is 36.6 Å². The molecule has 0 amide bonds. The molecule has 1 nitrogen and oxygen atoms in total. The van der Waals surface area contributed by atoms with Crippen LogP contribution < -0.4 is 0 Å². The van der Waals surface area contributed by atoms with Gasteiger partial charge in [-0.05, 0) is 19.4 Å². The SMILES string of the molecule is CC/C=C/C=C/C=C/OCC. The minimum atomic E-state index is 0.731. The first-order chi connectivity index (χ1) is 5.41. The first kappa shape index (κ1) is 10.0. The lowest BCUT2D eigenvalue weighted by molar-refractivity contribution is 0.269. The van der Waals surface area contributed by atoms with Crippen LogP contribution in [0.25, 0.3) is 0 Å². The Morgan fingerprint density at radius 3 is 2.36 bits per heavy atom. The van der Waals surface area contributed by atoms with Crippen molar-refractivity contribution < 1.29 is 4.74 Å². The van der Waals surface area contributed by atoms with Crippen LogP contribution >= 0.6 is 0 Å². The number of hydrogen-bond acceptors (Lipinski definition) is 1. The first-order valence-corrected chi connectivity index (χ1v) is 4.01. The molecule has 0 rings (SSSR count). The predicted molar refractivity (Wildman–Crippen MR) is 49.3 cm³/mol. The van der Waals surface area contributed by atoms with Crippen molar-refractivity contribution >= 4 is 0 Å². The molecule has 0 spiro atoms. The fraction of sp³-hybridized carbons (Fsp3) is 0.400. The molecule has 0 aliphatic rings. The third-order valence-corrected chi connectivity index (χ3v) is 1.05. The second-order valence-corrected chi connectivity index (χ2v) is 2.01. The summed E-state index contributed by atoms with van der Waals surface area (Å²) in [5.74, 6) is 0. The molecule has 0 saturated carbocycles. The Morgan fingerprint density at radius 2 is 1.73 bits per heavy atom. The molecule has 0 aliphatic heterocycles. The van der Waals surface area contributed by atoms with Gasteiger partial charge < -0.3 is 4.74 Å². The van der Waals surface area contributed by atoms with Gasteiger partial charge in [0.15, 0.2) is 0 Å². The molecule has 0 saturated heterocycles. The summed E-state index contributed by atoms with van der Waals surface area (Å²) in [4.78, 5) is 0. The van der Waals surface area contributed by atoms with Crippen LogP contribution in [0.15, 0.2) is 36.6 Å². The molecular formula is C10H16O.